The van der Waals surface area contributed by atoms with Crippen LogP contribution < -0.4 is 10.0 Å². The average molecular weight is 471 g/mol. The van der Waals surface area contributed by atoms with Gasteiger partial charge in [0.2, 0.25) is 21.1 Å². The van der Waals surface area contributed by atoms with Gasteiger partial charge in [0.05, 0.1) is 10.4 Å². The highest BCUT2D eigenvalue weighted by Crippen LogP contribution is 2.27. The predicted octanol–water partition coefficient (Wildman–Crippen LogP) is 3.15. The van der Waals surface area contributed by atoms with Gasteiger partial charge in [-0.2, -0.15) is 0 Å². The Morgan fingerprint density at radius 2 is 1.88 bits per heavy atom. The van der Waals surface area contributed by atoms with Crippen LogP contribution in [0.3, 0.4) is 0 Å². The van der Waals surface area contributed by atoms with Crippen molar-refractivity contribution in [1.29, 1.82) is 0 Å². The van der Waals surface area contributed by atoms with Gasteiger partial charge in [-0.25, -0.2) is 18.1 Å². The Labute approximate surface area is 189 Å². The third-order valence-corrected chi connectivity index (χ3v) is 7.07. The summed E-state index contributed by atoms with van der Waals surface area (Å²) in [5.41, 5.74) is 5.17. The lowest BCUT2D eigenvalue weighted by Gasteiger charge is -2.07. The number of anilines is 1. The monoisotopic (exact) mass is 470 g/mol. The van der Waals surface area contributed by atoms with Crippen molar-refractivity contribution in [2.75, 3.05) is 17.6 Å². The zero-order chi connectivity index (χ0) is 22.9. The van der Waals surface area contributed by atoms with Crippen LogP contribution in [-0.4, -0.2) is 46.8 Å². The van der Waals surface area contributed by atoms with Crippen molar-refractivity contribution in [2.45, 2.75) is 30.8 Å². The molecule has 2 heterocycles. The smallest absolute Gasteiger partial charge is 0.240 e. The highest BCUT2D eigenvalue weighted by molar-refractivity contribution is 7.99. The minimum absolute atomic E-state index is 0.125. The summed E-state index contributed by atoms with van der Waals surface area (Å²) in [5.74, 6) is 0.220. The lowest BCUT2D eigenvalue weighted by Crippen LogP contribution is -2.26. The molecular weight excluding hydrogens is 448 g/mol. The number of aromatic nitrogens is 4. The maximum Gasteiger partial charge on any atom is 0.240 e. The molecular formula is C21H22N6O3S2. The number of fused-ring (bicyclic) bond motifs is 3. The van der Waals surface area contributed by atoms with Crippen LogP contribution in [0.15, 0.2) is 46.5 Å². The van der Waals surface area contributed by atoms with Crippen LogP contribution in [0.5, 0.6) is 0 Å². The van der Waals surface area contributed by atoms with Crippen LogP contribution in [0.4, 0.5) is 5.69 Å². The van der Waals surface area contributed by atoms with Gasteiger partial charge in [0.15, 0.2) is 5.65 Å². The first-order valence-corrected chi connectivity index (χ1v) is 12.3. The van der Waals surface area contributed by atoms with Gasteiger partial charge in [-0.1, -0.05) is 23.4 Å². The van der Waals surface area contributed by atoms with Crippen LogP contribution in [-0.2, 0) is 14.8 Å². The standard InChI is InChI=1S/C21H22N6O3S2/c1-12-10-13(2)18-17(11-12)19-20(24-18)25-21(27-26-19)31-9-8-22-32(29,30)16-6-4-15(5-7-16)23-14(3)28/h4-7,10-11,22H,8-9H2,1-3H3,(H,23,28)(H,24,25,27). The molecule has 0 aliphatic heterocycles. The van der Waals surface area contributed by atoms with Gasteiger partial charge in [-0.05, 0) is 49.7 Å². The summed E-state index contributed by atoms with van der Waals surface area (Å²) in [6, 6.07) is 10.1. The van der Waals surface area contributed by atoms with E-state index in [-0.39, 0.29) is 17.3 Å². The van der Waals surface area contributed by atoms with Gasteiger partial charge in [-0.15, -0.1) is 10.2 Å². The number of amides is 1. The molecule has 0 fully saturated rings. The molecule has 0 aliphatic carbocycles. The number of carbonyl (C=O) groups is 1. The molecule has 0 aliphatic rings. The minimum Gasteiger partial charge on any atom is -0.337 e. The lowest BCUT2D eigenvalue weighted by molar-refractivity contribution is -0.114. The second-order valence-electron chi connectivity index (χ2n) is 7.37. The average Bonchev–Trinajstić information content (AvgIpc) is 3.09. The number of carbonyl (C=O) groups excluding carboxylic acids is 1. The van der Waals surface area contributed by atoms with Crippen LogP contribution in [0.2, 0.25) is 0 Å². The molecule has 0 bridgehead atoms. The maximum atomic E-state index is 12.5. The van der Waals surface area contributed by atoms with Crippen molar-refractivity contribution in [2.24, 2.45) is 0 Å². The third-order valence-electron chi connectivity index (χ3n) is 4.76. The van der Waals surface area contributed by atoms with Crippen LogP contribution in [0.25, 0.3) is 22.1 Å². The quantitative estimate of drug-likeness (QED) is 0.279. The Morgan fingerprint density at radius 3 is 2.59 bits per heavy atom. The van der Waals surface area contributed by atoms with E-state index in [9.17, 15) is 13.2 Å². The molecule has 4 rings (SSSR count). The van der Waals surface area contributed by atoms with Gasteiger partial charge in [-0.3, -0.25) is 4.79 Å². The Morgan fingerprint density at radius 1 is 1.12 bits per heavy atom. The Kier molecular flexibility index (Phi) is 6.13. The molecule has 0 spiro atoms. The number of thioether (sulfide) groups is 1. The van der Waals surface area contributed by atoms with Crippen LogP contribution in [0, 0.1) is 13.8 Å². The molecule has 1 amide bonds. The molecule has 2 aromatic carbocycles. The molecule has 4 aromatic rings. The van der Waals surface area contributed by atoms with E-state index in [0.717, 1.165) is 27.5 Å². The van der Waals surface area contributed by atoms with Gasteiger partial charge in [0.25, 0.3) is 0 Å². The maximum absolute atomic E-state index is 12.5. The van der Waals surface area contributed by atoms with Crippen molar-refractivity contribution in [1.82, 2.24) is 24.9 Å². The molecule has 166 valence electrons. The molecule has 3 N–H and O–H groups in total. The second-order valence-corrected chi connectivity index (χ2v) is 10.2. The zero-order valence-electron chi connectivity index (χ0n) is 17.8. The lowest BCUT2D eigenvalue weighted by atomic mass is 10.1. The number of benzene rings is 2. The number of rotatable bonds is 7. The first-order chi connectivity index (χ1) is 15.2. The number of H-pyrrole nitrogens is 1. The van der Waals surface area contributed by atoms with Crippen molar-refractivity contribution in [3.8, 4) is 0 Å². The first kappa shape index (κ1) is 22.2. The first-order valence-electron chi connectivity index (χ1n) is 9.86. The summed E-state index contributed by atoms with van der Waals surface area (Å²) in [6.07, 6.45) is 0. The summed E-state index contributed by atoms with van der Waals surface area (Å²) in [7, 11) is -3.66. The fraction of sp³-hybridized carbons (Fsp3) is 0.238. The summed E-state index contributed by atoms with van der Waals surface area (Å²) in [4.78, 5) is 19.0. The molecule has 0 radical (unpaired) electrons. The third kappa shape index (κ3) is 4.74. The summed E-state index contributed by atoms with van der Waals surface area (Å²) < 4.78 is 27.5. The van der Waals surface area contributed by atoms with Crippen molar-refractivity contribution in [3.63, 3.8) is 0 Å². The molecule has 0 saturated heterocycles. The number of hydrogen-bond donors (Lipinski definition) is 3. The van der Waals surface area contributed by atoms with E-state index in [4.69, 9.17) is 0 Å². The van der Waals surface area contributed by atoms with E-state index in [0.29, 0.717) is 22.2 Å². The van der Waals surface area contributed by atoms with Gasteiger partial charge in [0, 0.05) is 30.3 Å². The largest absolute Gasteiger partial charge is 0.337 e. The Balaban J connectivity index is 1.39. The Bertz CT molecular complexity index is 1420. The van der Waals surface area contributed by atoms with Crippen LogP contribution >= 0.6 is 11.8 Å². The molecule has 0 saturated carbocycles. The summed E-state index contributed by atoms with van der Waals surface area (Å²) >= 11 is 1.32. The van der Waals surface area contributed by atoms with E-state index in [1.165, 1.54) is 30.8 Å². The zero-order valence-corrected chi connectivity index (χ0v) is 19.4. The number of aromatic amines is 1. The number of hydrogen-bond acceptors (Lipinski definition) is 7. The SMILES string of the molecule is CC(=O)Nc1ccc(S(=O)(=O)NCCSc2nnc3c(n2)[nH]c2c(C)cc(C)cc23)cc1. The van der Waals surface area contributed by atoms with Crippen molar-refractivity contribution < 1.29 is 13.2 Å². The molecule has 0 unspecified atom stereocenters. The fourth-order valence-corrected chi connectivity index (χ4v) is 5.20. The predicted molar refractivity (Wildman–Crippen MR) is 125 cm³/mol. The molecule has 11 heteroatoms. The van der Waals surface area contributed by atoms with E-state index >= 15 is 0 Å². The van der Waals surface area contributed by atoms with Crippen molar-refractivity contribution in [3.05, 3.63) is 47.5 Å². The van der Waals surface area contributed by atoms with Gasteiger partial charge < -0.3 is 10.3 Å². The topological polar surface area (TPSA) is 130 Å². The summed E-state index contributed by atoms with van der Waals surface area (Å²) in [6.45, 7) is 5.66. The number of sulfonamides is 1. The van der Waals surface area contributed by atoms with Gasteiger partial charge >= 0.3 is 0 Å². The van der Waals surface area contributed by atoms with E-state index in [2.05, 4.69) is 42.3 Å². The molecule has 32 heavy (non-hydrogen) atoms. The van der Waals surface area contributed by atoms with Gasteiger partial charge in [0.1, 0.15) is 5.52 Å². The second kappa shape index (κ2) is 8.85. The Hall–Kier alpha value is -3.02. The van der Waals surface area contributed by atoms with E-state index < -0.39 is 10.0 Å². The minimum atomic E-state index is -3.66. The molecule has 9 nitrogen and oxygen atoms in total. The number of aryl methyl sites for hydroxylation is 2. The molecule has 0 atom stereocenters. The van der Waals surface area contributed by atoms with Crippen LogP contribution in [0.1, 0.15) is 18.1 Å². The summed E-state index contributed by atoms with van der Waals surface area (Å²) in [5, 5.41) is 12.6. The number of nitrogens with zero attached hydrogens (tertiary/aromatic N) is 3. The molecule has 2 aromatic heterocycles. The van der Waals surface area contributed by atoms with E-state index in [1.54, 1.807) is 12.1 Å². The van der Waals surface area contributed by atoms with E-state index in [1.807, 2.05) is 13.8 Å². The number of nitrogens with one attached hydrogen (secondary N) is 3. The highest BCUT2D eigenvalue weighted by atomic mass is 32.2. The normalized spacial score (nSPS) is 11.8. The van der Waals surface area contributed by atoms with Crippen molar-refractivity contribution >= 4 is 55.4 Å². The highest BCUT2D eigenvalue weighted by Gasteiger charge is 2.15. The fourth-order valence-electron chi connectivity index (χ4n) is 3.40.